The maximum Gasteiger partial charge on any atom is 0.376 e. The quantitative estimate of drug-likeness (QED) is 0.323. The zero-order valence-electron chi connectivity index (χ0n) is 17.9. The monoisotopic (exact) mass is 414 g/mol. The number of ether oxygens (including phenoxy) is 2. The predicted octanol–water partition coefficient (Wildman–Crippen LogP) is 5.67. The van der Waals surface area contributed by atoms with E-state index in [2.05, 4.69) is 11.7 Å². The Morgan fingerprint density at radius 1 is 0.897 bits per heavy atom. The highest BCUT2D eigenvalue weighted by molar-refractivity contribution is 5.76. The van der Waals surface area contributed by atoms with Gasteiger partial charge in [0.15, 0.2) is 0 Å². The van der Waals surface area contributed by atoms with Crippen LogP contribution in [0.1, 0.15) is 90.9 Å². The second-order valence-electron chi connectivity index (χ2n) is 9.86. The number of rotatable bonds is 11. The van der Waals surface area contributed by atoms with Crippen LogP contribution in [0, 0.1) is 23.7 Å². The van der Waals surface area contributed by atoms with Crippen LogP contribution in [-0.4, -0.2) is 30.1 Å². The van der Waals surface area contributed by atoms with Crippen LogP contribution < -0.4 is 0 Å². The summed E-state index contributed by atoms with van der Waals surface area (Å²) < 4.78 is 35.9. The van der Waals surface area contributed by atoms with Crippen LogP contribution in [0.2, 0.25) is 0 Å². The van der Waals surface area contributed by atoms with E-state index in [0.29, 0.717) is 31.6 Å². The molecule has 0 aromatic carbocycles. The van der Waals surface area contributed by atoms with Crippen LogP contribution in [0.3, 0.4) is 0 Å². The van der Waals surface area contributed by atoms with Crippen LogP contribution in [-0.2, 0) is 19.1 Å². The van der Waals surface area contributed by atoms with Crippen LogP contribution >= 0.6 is 0 Å². The van der Waals surface area contributed by atoms with Crippen LogP contribution in [0.15, 0.2) is 0 Å². The number of hydrogen-bond acceptors (Lipinski definition) is 4. The van der Waals surface area contributed by atoms with Gasteiger partial charge in [0.2, 0.25) is 0 Å². The van der Waals surface area contributed by atoms with E-state index in [0.717, 1.165) is 43.9 Å². The summed E-state index contributed by atoms with van der Waals surface area (Å²) in [5.41, 5.74) is -0.239. The molecule has 0 radical (unpaired) electrons. The van der Waals surface area contributed by atoms with Gasteiger partial charge in [-0.15, -0.1) is 0 Å². The zero-order chi connectivity index (χ0) is 21.1. The summed E-state index contributed by atoms with van der Waals surface area (Å²) in [5, 5.41) is 0. The minimum absolute atomic E-state index is 0.0389. The molecule has 4 rings (SSSR count). The van der Waals surface area contributed by atoms with Gasteiger partial charge in [-0.25, -0.2) is 4.79 Å². The van der Waals surface area contributed by atoms with E-state index in [4.69, 9.17) is 4.74 Å². The fourth-order valence-corrected chi connectivity index (χ4v) is 5.95. The van der Waals surface area contributed by atoms with Gasteiger partial charge in [-0.3, -0.25) is 4.79 Å². The van der Waals surface area contributed by atoms with Crippen molar-refractivity contribution >= 4 is 11.9 Å². The normalized spacial score (nSPS) is 33.0. The molecule has 0 aromatic heterocycles. The number of hydrogen-bond donors (Lipinski definition) is 0. The highest BCUT2D eigenvalue weighted by atomic mass is 19.3. The Hall–Kier alpha value is -1.20. The van der Waals surface area contributed by atoms with Crippen molar-refractivity contribution in [3.05, 3.63) is 0 Å². The molecule has 0 N–H and O–H groups in total. The summed E-state index contributed by atoms with van der Waals surface area (Å²) >= 11 is 0. The molecule has 4 saturated carbocycles. The van der Waals surface area contributed by atoms with Crippen molar-refractivity contribution in [2.75, 3.05) is 6.61 Å². The van der Waals surface area contributed by atoms with E-state index in [9.17, 15) is 18.4 Å². The average molecular weight is 415 g/mol. The molecule has 166 valence electrons. The number of esters is 2. The topological polar surface area (TPSA) is 52.6 Å². The van der Waals surface area contributed by atoms with Crippen molar-refractivity contribution in [1.82, 2.24) is 0 Å². The first-order chi connectivity index (χ1) is 13.7. The molecule has 4 bridgehead atoms. The van der Waals surface area contributed by atoms with E-state index in [-0.39, 0.29) is 18.2 Å². The molecule has 4 aliphatic carbocycles. The number of carbonyl (C=O) groups excluding carboxylic acids is 2. The highest BCUT2D eigenvalue weighted by Gasteiger charge is 2.56. The fraction of sp³-hybridized carbons (Fsp3) is 0.913. The predicted molar refractivity (Wildman–Crippen MR) is 105 cm³/mol. The van der Waals surface area contributed by atoms with Gasteiger partial charge >= 0.3 is 17.9 Å². The van der Waals surface area contributed by atoms with Gasteiger partial charge in [0.05, 0.1) is 6.61 Å². The number of halogens is 2. The van der Waals surface area contributed by atoms with E-state index in [1.54, 1.807) is 0 Å². The molecule has 0 aliphatic heterocycles. The summed E-state index contributed by atoms with van der Waals surface area (Å²) in [5.74, 6) is -2.06. The molecule has 0 saturated heterocycles. The lowest BCUT2D eigenvalue weighted by Gasteiger charge is -2.59. The molecule has 4 fully saturated rings. The first-order valence-electron chi connectivity index (χ1n) is 11.5. The Morgan fingerprint density at radius 2 is 1.41 bits per heavy atom. The van der Waals surface area contributed by atoms with Gasteiger partial charge < -0.3 is 9.47 Å². The van der Waals surface area contributed by atoms with E-state index >= 15 is 0 Å². The van der Waals surface area contributed by atoms with Crippen molar-refractivity contribution in [3.8, 4) is 0 Å². The molecule has 0 spiro atoms. The summed E-state index contributed by atoms with van der Waals surface area (Å²) in [6.07, 6.45) is 12.0. The molecule has 4 aliphatic rings. The summed E-state index contributed by atoms with van der Waals surface area (Å²) in [4.78, 5) is 23.4. The Kier molecular flexibility index (Phi) is 7.21. The lowest BCUT2D eigenvalue weighted by molar-refractivity contribution is -0.203. The smallest absolute Gasteiger partial charge is 0.376 e. The molecule has 29 heavy (non-hydrogen) atoms. The second-order valence-corrected chi connectivity index (χ2v) is 9.86. The van der Waals surface area contributed by atoms with Crippen molar-refractivity contribution in [3.63, 3.8) is 0 Å². The minimum atomic E-state index is -3.41. The molecule has 0 amide bonds. The minimum Gasteiger partial charge on any atom is -0.461 e. The van der Waals surface area contributed by atoms with Crippen LogP contribution in [0.4, 0.5) is 8.78 Å². The molecule has 6 heteroatoms. The zero-order valence-corrected chi connectivity index (χ0v) is 17.9. The van der Waals surface area contributed by atoms with Crippen molar-refractivity contribution in [2.45, 2.75) is 102 Å². The van der Waals surface area contributed by atoms with Gasteiger partial charge in [-0.2, -0.15) is 8.78 Å². The molecular formula is C23H36F2O4. The molecular weight excluding hydrogens is 378 g/mol. The first kappa shape index (κ1) is 22.5. The largest absolute Gasteiger partial charge is 0.461 e. The molecule has 0 heterocycles. The van der Waals surface area contributed by atoms with Gasteiger partial charge in [-0.05, 0) is 75.5 Å². The average Bonchev–Trinajstić information content (AvgIpc) is 2.63. The summed E-state index contributed by atoms with van der Waals surface area (Å²) in [6, 6.07) is 0. The Labute approximate surface area is 173 Å². The van der Waals surface area contributed by atoms with Gasteiger partial charge in [0, 0.05) is 13.3 Å². The molecule has 0 aromatic rings. The van der Waals surface area contributed by atoms with Crippen LogP contribution in [0.5, 0.6) is 0 Å². The van der Waals surface area contributed by atoms with E-state index in [1.165, 1.54) is 32.1 Å². The molecule has 4 nitrogen and oxygen atoms in total. The van der Waals surface area contributed by atoms with Crippen molar-refractivity contribution in [1.29, 1.82) is 0 Å². The molecule has 0 unspecified atom stereocenters. The summed E-state index contributed by atoms with van der Waals surface area (Å²) in [6.45, 7) is 2.76. The summed E-state index contributed by atoms with van der Waals surface area (Å²) in [7, 11) is 0. The maximum absolute atomic E-state index is 12.6. The third-order valence-electron chi connectivity index (χ3n) is 7.46. The standard InChI is InChI=1S/C23H36F2O4/c1-22(18-12-16-11-17(14-18)15-19(22)13-16)29-20(26)9-7-5-3-4-6-8-10-28-21(27)23(2,24)25/h16-19H,3-15H2,1-2H3. The lowest BCUT2D eigenvalue weighted by Crippen LogP contribution is -2.57. The van der Waals surface area contributed by atoms with Crippen LogP contribution in [0.25, 0.3) is 0 Å². The second kappa shape index (κ2) is 9.30. The lowest BCUT2D eigenvalue weighted by atomic mass is 9.50. The first-order valence-corrected chi connectivity index (χ1v) is 11.5. The fourth-order valence-electron chi connectivity index (χ4n) is 5.95. The number of alkyl halides is 2. The third-order valence-corrected chi connectivity index (χ3v) is 7.46. The highest BCUT2D eigenvalue weighted by Crippen LogP contribution is 2.59. The SMILES string of the molecule is CC(F)(F)C(=O)OCCCCCCCCC(=O)OC1(C)C2CC3CC(C2)CC1C3. The maximum atomic E-state index is 12.6. The van der Waals surface area contributed by atoms with E-state index < -0.39 is 11.9 Å². The molecule has 0 atom stereocenters. The number of unbranched alkanes of at least 4 members (excludes halogenated alkanes) is 5. The van der Waals surface area contributed by atoms with Crippen molar-refractivity contribution in [2.24, 2.45) is 23.7 Å². The van der Waals surface area contributed by atoms with Gasteiger partial charge in [0.1, 0.15) is 5.60 Å². The third kappa shape index (κ3) is 5.69. The van der Waals surface area contributed by atoms with Gasteiger partial charge in [0.25, 0.3) is 0 Å². The number of carbonyl (C=O) groups is 2. The Balaban J connectivity index is 1.23. The Morgan fingerprint density at radius 3 is 1.97 bits per heavy atom. The van der Waals surface area contributed by atoms with E-state index in [1.807, 2.05) is 0 Å². The van der Waals surface area contributed by atoms with Gasteiger partial charge in [-0.1, -0.05) is 25.7 Å². The van der Waals surface area contributed by atoms with Crippen molar-refractivity contribution < 1.29 is 27.8 Å². The Bertz CT molecular complexity index is 556.